The molecule has 0 radical (unpaired) electrons. The van der Waals surface area contributed by atoms with Crippen LogP contribution >= 0.6 is 0 Å². The lowest BCUT2D eigenvalue weighted by molar-refractivity contribution is -0.120. The molecule has 1 aromatic heterocycles. The maximum atomic E-state index is 12.9. The minimum Gasteiger partial charge on any atom is -0.341 e. The van der Waals surface area contributed by atoms with Gasteiger partial charge in [0.15, 0.2) is 0 Å². The Kier molecular flexibility index (Phi) is 6.96. The van der Waals surface area contributed by atoms with Crippen LogP contribution in [0.15, 0.2) is 35.2 Å². The highest BCUT2D eigenvalue weighted by molar-refractivity contribution is 7.89. The van der Waals surface area contributed by atoms with Gasteiger partial charge in [0.1, 0.15) is 0 Å². The van der Waals surface area contributed by atoms with E-state index >= 15 is 0 Å². The number of rotatable bonds is 5. The monoisotopic (exact) mass is 472 g/mol. The van der Waals surface area contributed by atoms with Crippen LogP contribution in [0.1, 0.15) is 24.2 Å². The zero-order valence-corrected chi connectivity index (χ0v) is 20.3. The average molecular weight is 473 g/mol. The van der Waals surface area contributed by atoms with E-state index in [2.05, 4.69) is 25.1 Å². The molecule has 4 rings (SSSR count). The van der Waals surface area contributed by atoms with Gasteiger partial charge >= 0.3 is 0 Å². The zero-order chi connectivity index (χ0) is 23.6. The largest absolute Gasteiger partial charge is 0.341 e. The van der Waals surface area contributed by atoms with Gasteiger partial charge in [-0.2, -0.15) is 4.31 Å². The van der Waals surface area contributed by atoms with Gasteiger partial charge in [-0.25, -0.2) is 18.4 Å². The van der Waals surface area contributed by atoms with E-state index in [4.69, 9.17) is 0 Å². The smallest absolute Gasteiger partial charge is 0.243 e. The fourth-order valence-electron chi connectivity index (χ4n) is 4.32. The third-order valence-electron chi connectivity index (χ3n) is 6.34. The van der Waals surface area contributed by atoms with Gasteiger partial charge in [-0.05, 0) is 64.1 Å². The standard InChI is InChI=1S/C23H32N6O3S/c1-17-16-18(2)25-23(24-17)28-10-8-19(9-11-28)22(30)26-20-4-6-21(7-5-20)33(31,32)29-14-12-27(3)13-15-29/h4-7,16,19H,8-15H2,1-3H3,(H,26,30). The van der Waals surface area contributed by atoms with E-state index in [1.54, 1.807) is 24.3 Å². The molecule has 10 heteroatoms. The molecule has 0 spiro atoms. The van der Waals surface area contributed by atoms with Crippen LogP contribution in [0.2, 0.25) is 0 Å². The van der Waals surface area contributed by atoms with Gasteiger partial charge in [-0.3, -0.25) is 4.79 Å². The van der Waals surface area contributed by atoms with Crippen molar-refractivity contribution in [3.8, 4) is 0 Å². The number of anilines is 2. The van der Waals surface area contributed by atoms with Crippen LogP contribution in [-0.2, 0) is 14.8 Å². The first-order valence-corrected chi connectivity index (χ1v) is 12.8. The SMILES string of the molecule is Cc1cc(C)nc(N2CCC(C(=O)Nc3ccc(S(=O)(=O)N4CCN(C)CC4)cc3)CC2)n1. The van der Waals surface area contributed by atoms with Crippen molar-refractivity contribution in [2.24, 2.45) is 5.92 Å². The Labute approximate surface area is 195 Å². The normalized spacial score (nSPS) is 18.9. The number of likely N-dealkylation sites (N-methyl/N-ethyl adjacent to an activating group) is 1. The molecule has 2 aromatic rings. The van der Waals surface area contributed by atoms with E-state index in [0.717, 1.165) is 56.4 Å². The van der Waals surface area contributed by atoms with E-state index < -0.39 is 10.0 Å². The topological polar surface area (TPSA) is 98.7 Å². The minimum atomic E-state index is -3.51. The number of piperidine rings is 1. The van der Waals surface area contributed by atoms with Crippen molar-refractivity contribution < 1.29 is 13.2 Å². The van der Waals surface area contributed by atoms with E-state index in [0.29, 0.717) is 18.8 Å². The zero-order valence-electron chi connectivity index (χ0n) is 19.5. The van der Waals surface area contributed by atoms with Gasteiger partial charge in [0.2, 0.25) is 21.9 Å². The highest BCUT2D eigenvalue weighted by atomic mass is 32.2. The van der Waals surface area contributed by atoms with Crippen LogP contribution in [0.3, 0.4) is 0 Å². The van der Waals surface area contributed by atoms with E-state index in [9.17, 15) is 13.2 Å². The molecule has 0 bridgehead atoms. The summed E-state index contributed by atoms with van der Waals surface area (Å²) in [5.41, 5.74) is 2.49. The van der Waals surface area contributed by atoms with Gasteiger partial charge in [-0.15, -0.1) is 0 Å². The lowest BCUT2D eigenvalue weighted by atomic mass is 9.96. The number of aryl methyl sites for hydroxylation is 2. The highest BCUT2D eigenvalue weighted by Crippen LogP contribution is 2.24. The molecule has 33 heavy (non-hydrogen) atoms. The summed E-state index contributed by atoms with van der Waals surface area (Å²) in [5, 5.41) is 2.94. The Morgan fingerprint density at radius 1 is 0.939 bits per heavy atom. The molecule has 0 aliphatic carbocycles. The average Bonchev–Trinajstić information content (AvgIpc) is 2.79. The van der Waals surface area contributed by atoms with E-state index in [1.807, 2.05) is 27.0 Å². The number of benzene rings is 1. The predicted molar refractivity (Wildman–Crippen MR) is 128 cm³/mol. The first-order valence-electron chi connectivity index (χ1n) is 11.4. The van der Waals surface area contributed by atoms with Crippen molar-refractivity contribution >= 4 is 27.6 Å². The molecule has 2 aliphatic rings. The van der Waals surface area contributed by atoms with Crippen molar-refractivity contribution in [1.29, 1.82) is 0 Å². The summed E-state index contributed by atoms with van der Waals surface area (Å²) in [6, 6.07) is 8.43. The molecule has 2 aliphatic heterocycles. The molecule has 1 N–H and O–H groups in total. The summed E-state index contributed by atoms with van der Waals surface area (Å²) in [5.74, 6) is 0.593. The van der Waals surface area contributed by atoms with Crippen LogP contribution < -0.4 is 10.2 Å². The molecule has 1 amide bonds. The van der Waals surface area contributed by atoms with Gasteiger partial charge in [0.25, 0.3) is 0 Å². The lowest BCUT2D eigenvalue weighted by Crippen LogP contribution is -2.46. The summed E-state index contributed by atoms with van der Waals surface area (Å²) < 4.78 is 27.3. The Hall–Kier alpha value is -2.56. The van der Waals surface area contributed by atoms with E-state index in [-0.39, 0.29) is 16.7 Å². The number of carbonyl (C=O) groups excluding carboxylic acids is 1. The fourth-order valence-corrected chi connectivity index (χ4v) is 5.74. The molecular formula is C23H32N6O3S. The summed E-state index contributed by atoms with van der Waals surface area (Å²) in [4.78, 5) is 26.3. The molecule has 2 fully saturated rings. The number of carbonyl (C=O) groups is 1. The second kappa shape index (κ2) is 9.74. The second-order valence-electron chi connectivity index (χ2n) is 8.93. The third kappa shape index (κ3) is 5.51. The van der Waals surface area contributed by atoms with Gasteiger partial charge in [-0.1, -0.05) is 0 Å². The number of aromatic nitrogens is 2. The molecule has 2 saturated heterocycles. The van der Waals surface area contributed by atoms with Crippen molar-refractivity contribution in [3.05, 3.63) is 41.7 Å². The van der Waals surface area contributed by atoms with Crippen molar-refractivity contribution in [3.63, 3.8) is 0 Å². The first kappa shape index (κ1) is 23.6. The van der Waals surface area contributed by atoms with Gasteiger partial charge < -0.3 is 15.1 Å². The molecule has 1 aromatic carbocycles. The number of nitrogens with one attached hydrogen (secondary N) is 1. The third-order valence-corrected chi connectivity index (χ3v) is 8.25. The van der Waals surface area contributed by atoms with Gasteiger partial charge in [0.05, 0.1) is 4.90 Å². The molecule has 0 atom stereocenters. The molecule has 3 heterocycles. The Balaban J connectivity index is 1.33. The predicted octanol–water partition coefficient (Wildman–Crippen LogP) is 1.88. The van der Waals surface area contributed by atoms with Crippen LogP contribution in [0.4, 0.5) is 11.6 Å². The summed E-state index contributed by atoms with van der Waals surface area (Å²) in [6.45, 7) is 7.79. The fraction of sp³-hybridized carbons (Fsp3) is 0.522. The number of nitrogens with zero attached hydrogens (tertiary/aromatic N) is 5. The summed E-state index contributed by atoms with van der Waals surface area (Å²) in [6.07, 6.45) is 1.44. The quantitative estimate of drug-likeness (QED) is 0.709. The summed E-state index contributed by atoms with van der Waals surface area (Å²) >= 11 is 0. The van der Waals surface area contributed by atoms with Gasteiger partial charge in [0, 0.05) is 62.3 Å². The summed E-state index contributed by atoms with van der Waals surface area (Å²) in [7, 11) is -1.52. The highest BCUT2D eigenvalue weighted by Gasteiger charge is 2.28. The molecular weight excluding hydrogens is 440 g/mol. The molecule has 9 nitrogen and oxygen atoms in total. The second-order valence-corrected chi connectivity index (χ2v) is 10.9. The first-order chi connectivity index (χ1) is 15.7. The lowest BCUT2D eigenvalue weighted by Gasteiger charge is -2.32. The molecule has 0 saturated carbocycles. The van der Waals surface area contributed by atoms with Crippen LogP contribution in [0, 0.1) is 19.8 Å². The number of hydrogen-bond acceptors (Lipinski definition) is 7. The van der Waals surface area contributed by atoms with Crippen LogP contribution in [-0.4, -0.2) is 79.8 Å². The van der Waals surface area contributed by atoms with E-state index in [1.165, 1.54) is 4.31 Å². The number of sulfonamides is 1. The van der Waals surface area contributed by atoms with Crippen molar-refractivity contribution in [2.75, 3.05) is 56.5 Å². The molecule has 178 valence electrons. The molecule has 0 unspecified atom stereocenters. The maximum absolute atomic E-state index is 12.9. The van der Waals surface area contributed by atoms with Crippen LogP contribution in [0.5, 0.6) is 0 Å². The van der Waals surface area contributed by atoms with Crippen LogP contribution in [0.25, 0.3) is 0 Å². The van der Waals surface area contributed by atoms with Crippen molar-refractivity contribution in [1.82, 2.24) is 19.2 Å². The Morgan fingerprint density at radius 2 is 1.52 bits per heavy atom. The Morgan fingerprint density at radius 3 is 2.09 bits per heavy atom. The number of amides is 1. The number of piperazine rings is 1. The maximum Gasteiger partial charge on any atom is 0.243 e. The number of hydrogen-bond donors (Lipinski definition) is 1. The Bertz CT molecular complexity index is 1070. The van der Waals surface area contributed by atoms with Crippen molar-refractivity contribution in [2.45, 2.75) is 31.6 Å². The minimum absolute atomic E-state index is 0.0364.